The van der Waals surface area contributed by atoms with Gasteiger partial charge >= 0.3 is 0 Å². The molecule has 1 aliphatic heterocycles. The Bertz CT molecular complexity index is 284. The minimum Gasteiger partial charge on any atom is -0.298 e. The summed E-state index contributed by atoms with van der Waals surface area (Å²) in [7, 11) is 0. The molecule has 0 unspecified atom stereocenters. The molecule has 2 nitrogen and oxygen atoms in total. The third-order valence-corrected chi connectivity index (χ3v) is 1.89. The standard InChI is InChI=1S/C11H13NO/c1-2-3-6-10(9-13)11-7-4-5-8-12-11/h2,4-5,8-9H,1,3,6-7H2/b11-10-. The van der Waals surface area contributed by atoms with Crippen LogP contribution < -0.4 is 0 Å². The van der Waals surface area contributed by atoms with Gasteiger partial charge in [0.25, 0.3) is 0 Å². The molecule has 0 atom stereocenters. The highest BCUT2D eigenvalue weighted by Crippen LogP contribution is 2.16. The average molecular weight is 175 g/mol. The molecule has 0 amide bonds. The number of rotatable bonds is 4. The normalized spacial score (nSPS) is 18.5. The average Bonchev–Trinajstić information content (AvgIpc) is 2.21. The molecule has 1 heterocycles. The van der Waals surface area contributed by atoms with Crippen molar-refractivity contribution in [3.8, 4) is 0 Å². The summed E-state index contributed by atoms with van der Waals surface area (Å²) in [6, 6.07) is 0. The van der Waals surface area contributed by atoms with E-state index in [1.54, 1.807) is 6.21 Å². The van der Waals surface area contributed by atoms with Crippen LogP contribution in [0.25, 0.3) is 0 Å². The van der Waals surface area contributed by atoms with Crippen LogP contribution in [0.1, 0.15) is 19.3 Å². The van der Waals surface area contributed by atoms with E-state index in [0.29, 0.717) is 0 Å². The van der Waals surface area contributed by atoms with E-state index in [1.165, 1.54) is 0 Å². The van der Waals surface area contributed by atoms with E-state index in [1.807, 2.05) is 18.2 Å². The Morgan fingerprint density at radius 1 is 1.69 bits per heavy atom. The minimum atomic E-state index is 0.744. The van der Waals surface area contributed by atoms with Crippen molar-refractivity contribution in [3.63, 3.8) is 0 Å². The van der Waals surface area contributed by atoms with E-state index in [-0.39, 0.29) is 0 Å². The van der Waals surface area contributed by atoms with E-state index in [0.717, 1.165) is 36.8 Å². The topological polar surface area (TPSA) is 29.4 Å². The summed E-state index contributed by atoms with van der Waals surface area (Å²) in [4.78, 5) is 14.9. The molecule has 0 radical (unpaired) electrons. The molecule has 1 aliphatic rings. The van der Waals surface area contributed by atoms with Crippen LogP contribution in [-0.4, -0.2) is 12.5 Å². The number of hydrogen-bond donors (Lipinski definition) is 0. The highest BCUT2D eigenvalue weighted by atomic mass is 16.1. The minimum absolute atomic E-state index is 0.744. The zero-order valence-corrected chi connectivity index (χ0v) is 7.57. The number of allylic oxidation sites excluding steroid dienone is 4. The van der Waals surface area contributed by atoms with Crippen LogP contribution in [-0.2, 0) is 4.79 Å². The lowest BCUT2D eigenvalue weighted by atomic mass is 10.1. The number of carbonyl (C=O) groups excluding carboxylic acids is 1. The first-order chi connectivity index (χ1) is 6.38. The molecule has 0 N–H and O–H groups in total. The van der Waals surface area contributed by atoms with Crippen molar-refractivity contribution in [3.05, 3.63) is 36.1 Å². The second-order valence-corrected chi connectivity index (χ2v) is 2.83. The summed E-state index contributed by atoms with van der Waals surface area (Å²) < 4.78 is 0. The molecule has 0 fully saturated rings. The third-order valence-electron chi connectivity index (χ3n) is 1.89. The van der Waals surface area contributed by atoms with E-state index >= 15 is 0 Å². The predicted molar refractivity (Wildman–Crippen MR) is 54.8 cm³/mol. The molecular formula is C11H13NO. The van der Waals surface area contributed by atoms with Crippen molar-refractivity contribution in [1.82, 2.24) is 0 Å². The summed E-state index contributed by atoms with van der Waals surface area (Å²) in [5.41, 5.74) is 1.68. The van der Waals surface area contributed by atoms with Gasteiger partial charge in [-0.2, -0.15) is 0 Å². The molecule has 0 aromatic heterocycles. The van der Waals surface area contributed by atoms with Crippen LogP contribution in [0.4, 0.5) is 0 Å². The second-order valence-electron chi connectivity index (χ2n) is 2.83. The van der Waals surface area contributed by atoms with Gasteiger partial charge in [0.05, 0.1) is 5.70 Å². The Labute approximate surface area is 78.4 Å². The lowest BCUT2D eigenvalue weighted by molar-refractivity contribution is -0.105. The molecule has 1 rings (SSSR count). The Morgan fingerprint density at radius 3 is 3.08 bits per heavy atom. The van der Waals surface area contributed by atoms with E-state index in [2.05, 4.69) is 11.6 Å². The Morgan fingerprint density at radius 2 is 2.54 bits per heavy atom. The van der Waals surface area contributed by atoms with Crippen molar-refractivity contribution in [1.29, 1.82) is 0 Å². The zero-order valence-electron chi connectivity index (χ0n) is 7.57. The fourth-order valence-corrected chi connectivity index (χ4v) is 1.17. The number of dihydropyridines is 1. The van der Waals surface area contributed by atoms with Crippen LogP contribution in [0.5, 0.6) is 0 Å². The predicted octanol–water partition coefficient (Wildman–Crippen LogP) is 2.44. The maximum absolute atomic E-state index is 10.7. The van der Waals surface area contributed by atoms with Gasteiger partial charge in [-0.1, -0.05) is 12.2 Å². The summed E-state index contributed by atoms with van der Waals surface area (Å²) >= 11 is 0. The fraction of sp³-hybridized carbons (Fsp3) is 0.273. The molecule has 0 spiro atoms. The highest BCUT2D eigenvalue weighted by Gasteiger charge is 2.04. The lowest BCUT2D eigenvalue weighted by Gasteiger charge is -2.05. The maximum atomic E-state index is 10.7. The number of aliphatic imine (C=N–C) groups is 1. The van der Waals surface area contributed by atoms with Gasteiger partial charge in [-0.05, 0) is 18.9 Å². The lowest BCUT2D eigenvalue weighted by Crippen LogP contribution is -1.94. The van der Waals surface area contributed by atoms with Gasteiger partial charge in [0.1, 0.15) is 6.29 Å². The van der Waals surface area contributed by atoms with E-state index in [4.69, 9.17) is 0 Å². The quantitative estimate of drug-likeness (QED) is 0.366. The smallest absolute Gasteiger partial charge is 0.147 e. The largest absolute Gasteiger partial charge is 0.298 e. The molecule has 0 bridgehead atoms. The van der Waals surface area contributed by atoms with Crippen LogP contribution >= 0.6 is 0 Å². The van der Waals surface area contributed by atoms with Crippen LogP contribution in [0.15, 0.2) is 41.1 Å². The van der Waals surface area contributed by atoms with Crippen molar-refractivity contribution in [2.24, 2.45) is 4.99 Å². The number of aldehydes is 1. The van der Waals surface area contributed by atoms with Crippen molar-refractivity contribution < 1.29 is 4.79 Å². The Hall–Kier alpha value is -1.44. The van der Waals surface area contributed by atoms with Crippen molar-refractivity contribution in [2.45, 2.75) is 19.3 Å². The van der Waals surface area contributed by atoms with Crippen molar-refractivity contribution >= 4 is 12.5 Å². The molecule has 0 aromatic rings. The van der Waals surface area contributed by atoms with Gasteiger partial charge in [0.2, 0.25) is 0 Å². The first kappa shape index (κ1) is 9.65. The molecule has 13 heavy (non-hydrogen) atoms. The third kappa shape index (κ3) is 2.82. The highest BCUT2D eigenvalue weighted by molar-refractivity contribution is 5.79. The maximum Gasteiger partial charge on any atom is 0.147 e. The molecule has 68 valence electrons. The summed E-state index contributed by atoms with van der Waals surface area (Å²) in [5.74, 6) is 0. The van der Waals surface area contributed by atoms with E-state index < -0.39 is 0 Å². The fourth-order valence-electron chi connectivity index (χ4n) is 1.17. The molecule has 0 aromatic carbocycles. The van der Waals surface area contributed by atoms with Gasteiger partial charge in [0, 0.05) is 18.2 Å². The number of nitrogens with zero attached hydrogens (tertiary/aromatic N) is 1. The second kappa shape index (κ2) is 5.25. The molecule has 0 aliphatic carbocycles. The molecular weight excluding hydrogens is 162 g/mol. The van der Waals surface area contributed by atoms with Crippen LogP contribution in [0.2, 0.25) is 0 Å². The molecule has 0 saturated carbocycles. The van der Waals surface area contributed by atoms with E-state index in [9.17, 15) is 4.79 Å². The van der Waals surface area contributed by atoms with Crippen LogP contribution in [0, 0.1) is 0 Å². The van der Waals surface area contributed by atoms with Gasteiger partial charge in [0.15, 0.2) is 0 Å². The molecule has 0 saturated heterocycles. The van der Waals surface area contributed by atoms with Crippen LogP contribution in [0.3, 0.4) is 0 Å². The monoisotopic (exact) mass is 175 g/mol. The molecule has 2 heteroatoms. The summed E-state index contributed by atoms with van der Waals surface area (Å²) in [6.07, 6.45) is 10.7. The Balaban J connectivity index is 2.72. The SMILES string of the molecule is C=CCC/C(C=O)=C1\CC=CC=N1. The van der Waals surface area contributed by atoms with Crippen molar-refractivity contribution in [2.75, 3.05) is 0 Å². The van der Waals surface area contributed by atoms with Gasteiger partial charge in [-0.15, -0.1) is 6.58 Å². The Kier molecular flexibility index (Phi) is 3.89. The van der Waals surface area contributed by atoms with Gasteiger partial charge in [-0.25, -0.2) is 0 Å². The zero-order chi connectivity index (χ0) is 9.52. The summed E-state index contributed by atoms with van der Waals surface area (Å²) in [5, 5.41) is 0. The first-order valence-electron chi connectivity index (χ1n) is 4.35. The first-order valence-corrected chi connectivity index (χ1v) is 4.35. The summed E-state index contributed by atoms with van der Waals surface area (Å²) in [6.45, 7) is 3.62. The number of carbonyl (C=O) groups is 1. The van der Waals surface area contributed by atoms with Gasteiger partial charge < -0.3 is 0 Å². The number of hydrogen-bond acceptors (Lipinski definition) is 2. The van der Waals surface area contributed by atoms with Gasteiger partial charge in [-0.3, -0.25) is 9.79 Å².